The molecule has 8 bridgehead atoms. The summed E-state index contributed by atoms with van der Waals surface area (Å²) < 4.78 is 0. The summed E-state index contributed by atoms with van der Waals surface area (Å²) >= 11 is 0. The number of hydrogen-bond acceptors (Lipinski definition) is 9. The Morgan fingerprint density at radius 1 is 0.302 bits per heavy atom. The molecular formula is C44H27N9. The van der Waals surface area contributed by atoms with Crippen LogP contribution in [0, 0.1) is 0 Å². The maximum atomic E-state index is 5.18. The van der Waals surface area contributed by atoms with Gasteiger partial charge in [-0.25, -0.2) is 39.9 Å². The van der Waals surface area contributed by atoms with E-state index < -0.39 is 0 Å². The molecule has 0 N–H and O–H groups in total. The summed E-state index contributed by atoms with van der Waals surface area (Å²) in [7, 11) is 0. The second-order valence-corrected chi connectivity index (χ2v) is 13.9. The molecule has 6 aliphatic rings. The van der Waals surface area contributed by atoms with Gasteiger partial charge in [0, 0.05) is 63.3 Å². The Bertz CT molecular complexity index is 2950. The second-order valence-electron chi connectivity index (χ2n) is 13.9. The molecule has 0 saturated carbocycles. The first kappa shape index (κ1) is 28.7. The summed E-state index contributed by atoms with van der Waals surface area (Å²) in [6.45, 7) is 2.22. The van der Waals surface area contributed by atoms with Crippen LogP contribution >= 0.6 is 0 Å². The second kappa shape index (κ2) is 10.8. The number of aliphatic imine (C=N–C) groups is 8. The van der Waals surface area contributed by atoms with E-state index in [1.54, 1.807) is 0 Å². The summed E-state index contributed by atoms with van der Waals surface area (Å²) in [6.07, 6.45) is 2.49. The van der Waals surface area contributed by atoms with E-state index in [9.17, 15) is 0 Å². The number of nitrogens with zero attached hydrogens (tertiary/aromatic N) is 9. The molecule has 6 heterocycles. The van der Waals surface area contributed by atoms with E-state index in [4.69, 9.17) is 39.9 Å². The van der Waals surface area contributed by atoms with Gasteiger partial charge in [-0.2, -0.15) is 0 Å². The predicted octanol–water partition coefficient (Wildman–Crippen LogP) is 7.73. The Labute approximate surface area is 303 Å². The lowest BCUT2D eigenvalue weighted by atomic mass is 9.97. The fraction of sp³-hybridized carbons (Fsp3) is 0.0909. The molecule has 6 aromatic carbocycles. The van der Waals surface area contributed by atoms with E-state index in [0.717, 1.165) is 68.4 Å². The van der Waals surface area contributed by atoms with Gasteiger partial charge >= 0.3 is 0 Å². The fourth-order valence-corrected chi connectivity index (χ4v) is 8.16. The molecule has 248 valence electrons. The number of rotatable bonds is 1. The zero-order valence-electron chi connectivity index (χ0n) is 28.3. The molecule has 0 atom stereocenters. The molecule has 0 aliphatic carbocycles. The number of benzene rings is 6. The van der Waals surface area contributed by atoms with E-state index in [1.165, 1.54) is 29.3 Å². The molecule has 0 spiro atoms. The lowest BCUT2D eigenvalue weighted by Crippen LogP contribution is -2.17. The number of anilines is 1. The lowest BCUT2D eigenvalue weighted by molar-refractivity contribution is 0.949. The van der Waals surface area contributed by atoms with E-state index in [1.807, 2.05) is 72.8 Å². The first-order valence-corrected chi connectivity index (χ1v) is 18.0. The molecular weight excluding hydrogens is 655 g/mol. The van der Waals surface area contributed by atoms with Crippen LogP contribution in [0.1, 0.15) is 57.3 Å². The Kier molecular flexibility index (Phi) is 5.82. The number of fused-ring (bicyclic) bond motifs is 18. The van der Waals surface area contributed by atoms with Crippen molar-refractivity contribution >= 4 is 73.9 Å². The quantitative estimate of drug-likeness (QED) is 0.163. The average molecular weight is 682 g/mol. The maximum absolute atomic E-state index is 5.18. The van der Waals surface area contributed by atoms with Crippen LogP contribution in [0.3, 0.4) is 0 Å². The summed E-state index contributed by atoms with van der Waals surface area (Å²) in [5.41, 5.74) is 8.41. The van der Waals surface area contributed by atoms with Gasteiger partial charge in [-0.3, -0.25) is 0 Å². The topological polar surface area (TPSA) is 102 Å². The van der Waals surface area contributed by atoms with Gasteiger partial charge in [-0.05, 0) is 70.8 Å². The van der Waals surface area contributed by atoms with Crippen LogP contribution in [-0.2, 0) is 0 Å². The van der Waals surface area contributed by atoms with Gasteiger partial charge in [0.25, 0.3) is 0 Å². The Morgan fingerprint density at radius 2 is 0.623 bits per heavy atom. The summed E-state index contributed by atoms with van der Waals surface area (Å²) in [4.78, 5) is 43.0. The minimum Gasteiger partial charge on any atom is -0.372 e. The van der Waals surface area contributed by atoms with Gasteiger partial charge < -0.3 is 4.90 Å². The molecule has 1 saturated heterocycles. The minimum absolute atomic E-state index is 0.547. The normalized spacial score (nSPS) is 17.6. The van der Waals surface area contributed by atoms with Crippen LogP contribution in [0.25, 0.3) is 21.5 Å². The van der Waals surface area contributed by atoms with Crippen molar-refractivity contribution in [2.24, 2.45) is 39.9 Å². The summed E-state index contributed by atoms with van der Waals surface area (Å²) in [5, 5.41) is 4.64. The van der Waals surface area contributed by atoms with Gasteiger partial charge in [0.05, 0.1) is 0 Å². The highest BCUT2D eigenvalue weighted by Gasteiger charge is 2.31. The van der Waals surface area contributed by atoms with Crippen molar-refractivity contribution in [3.05, 3.63) is 160 Å². The van der Waals surface area contributed by atoms with Crippen LogP contribution in [0.15, 0.2) is 155 Å². The molecule has 53 heavy (non-hydrogen) atoms. The monoisotopic (exact) mass is 681 g/mol. The number of amidine groups is 8. The Morgan fingerprint density at radius 3 is 1.00 bits per heavy atom. The van der Waals surface area contributed by atoms with Crippen molar-refractivity contribution in [1.29, 1.82) is 0 Å². The third-order valence-electron chi connectivity index (χ3n) is 10.8. The molecule has 0 unspecified atom stereocenters. The highest BCUT2D eigenvalue weighted by Crippen LogP contribution is 2.34. The smallest absolute Gasteiger partial charge is 0.164 e. The van der Waals surface area contributed by atoms with Crippen LogP contribution < -0.4 is 4.90 Å². The van der Waals surface area contributed by atoms with Crippen LogP contribution in [0.5, 0.6) is 0 Å². The fourth-order valence-electron chi connectivity index (χ4n) is 8.16. The van der Waals surface area contributed by atoms with Crippen molar-refractivity contribution in [2.45, 2.75) is 12.8 Å². The lowest BCUT2D eigenvalue weighted by Gasteiger charge is -2.18. The van der Waals surface area contributed by atoms with Crippen molar-refractivity contribution in [1.82, 2.24) is 0 Å². The molecule has 9 nitrogen and oxygen atoms in total. The van der Waals surface area contributed by atoms with E-state index >= 15 is 0 Å². The highest BCUT2D eigenvalue weighted by molar-refractivity contribution is 6.35. The van der Waals surface area contributed by atoms with E-state index in [0.29, 0.717) is 46.7 Å². The summed E-state index contributed by atoms with van der Waals surface area (Å²) in [5.74, 6) is 4.38. The third kappa shape index (κ3) is 4.37. The van der Waals surface area contributed by atoms with E-state index in [2.05, 4.69) is 47.4 Å². The average Bonchev–Trinajstić information content (AvgIpc) is 4.03. The minimum atomic E-state index is 0.547. The van der Waals surface area contributed by atoms with Crippen LogP contribution in [0.2, 0.25) is 0 Å². The zero-order chi connectivity index (χ0) is 34.6. The predicted molar refractivity (Wildman–Crippen MR) is 215 cm³/mol. The van der Waals surface area contributed by atoms with Crippen LogP contribution in [-0.4, -0.2) is 59.8 Å². The van der Waals surface area contributed by atoms with E-state index in [-0.39, 0.29) is 0 Å². The molecule has 6 aromatic rings. The SMILES string of the molecule is c1ccc2c(c1)C1=NC2=NC2=NC(=NC3=NC(=NC4=NC(=N1)c1ccccc14)c1cc4cc5ccc(N6CCCC6)cc5cc4cc13)c1ccccc12. The largest absolute Gasteiger partial charge is 0.372 e. The van der Waals surface area contributed by atoms with Crippen LogP contribution in [0.4, 0.5) is 5.69 Å². The van der Waals surface area contributed by atoms with Gasteiger partial charge in [0.1, 0.15) is 0 Å². The van der Waals surface area contributed by atoms with Gasteiger partial charge in [-0.15, -0.1) is 0 Å². The molecule has 6 aliphatic heterocycles. The van der Waals surface area contributed by atoms with Gasteiger partial charge in [0.15, 0.2) is 46.7 Å². The van der Waals surface area contributed by atoms with Crippen molar-refractivity contribution in [2.75, 3.05) is 18.0 Å². The molecule has 0 aromatic heterocycles. The van der Waals surface area contributed by atoms with Crippen molar-refractivity contribution < 1.29 is 0 Å². The molecule has 9 heteroatoms. The van der Waals surface area contributed by atoms with Gasteiger partial charge in [-0.1, -0.05) is 78.9 Å². The first-order valence-electron chi connectivity index (χ1n) is 18.0. The maximum Gasteiger partial charge on any atom is 0.164 e. The number of hydrogen-bond donors (Lipinski definition) is 0. The third-order valence-corrected chi connectivity index (χ3v) is 10.8. The standard InChI is InChI=1S/C44H27N9/c1-2-10-30-29(9-1)37-45-38(30)47-40-32-12-4-6-14-34(32)42(49-40)51-44-36-23-27-20-25-21-28(53-17-7-8-18-53)16-15-24(25)19-26(27)22-35(36)43(52-44)50-41-33-13-5-3-11-31(33)39(46-37)48-41/h1-6,9-16,19-23H,7-8,17-18H2. The molecule has 0 amide bonds. The summed E-state index contributed by atoms with van der Waals surface area (Å²) in [6, 6.07) is 39.8. The molecule has 1 fully saturated rings. The first-order chi connectivity index (χ1) is 26.2. The molecule has 12 rings (SSSR count). The van der Waals surface area contributed by atoms with Gasteiger partial charge in [0.2, 0.25) is 0 Å². The highest BCUT2D eigenvalue weighted by atomic mass is 15.2. The molecule has 0 radical (unpaired) electrons. The Balaban J connectivity index is 1.10. The van der Waals surface area contributed by atoms with Crippen molar-refractivity contribution in [3.8, 4) is 0 Å². The zero-order valence-corrected chi connectivity index (χ0v) is 28.3. The Hall–Kier alpha value is -7.00. The van der Waals surface area contributed by atoms with Crippen molar-refractivity contribution in [3.63, 3.8) is 0 Å².